The lowest BCUT2D eigenvalue weighted by atomic mass is 9.83. The number of nitrogens with zero attached hydrogens (tertiary/aromatic N) is 2. The molecule has 1 aromatic heterocycles. The monoisotopic (exact) mass is 272 g/mol. The molecule has 0 saturated carbocycles. The highest BCUT2D eigenvalue weighted by Gasteiger charge is 2.25. The highest BCUT2D eigenvalue weighted by Crippen LogP contribution is 2.30. The van der Waals surface area contributed by atoms with Crippen molar-refractivity contribution in [3.63, 3.8) is 0 Å². The van der Waals surface area contributed by atoms with Gasteiger partial charge in [0.25, 0.3) is 0 Å². The third-order valence-electron chi connectivity index (χ3n) is 3.47. The lowest BCUT2D eigenvalue weighted by Crippen LogP contribution is -2.37. The Kier molecular flexibility index (Phi) is 3.96. The van der Waals surface area contributed by atoms with Crippen LogP contribution in [0.15, 0.2) is 12.1 Å². The van der Waals surface area contributed by atoms with E-state index in [2.05, 4.69) is 23.7 Å². The van der Waals surface area contributed by atoms with E-state index in [1.807, 2.05) is 6.07 Å². The Morgan fingerprint density at radius 3 is 2.53 bits per heavy atom. The lowest BCUT2D eigenvalue weighted by Gasteiger charge is -2.36. The van der Waals surface area contributed by atoms with Crippen LogP contribution in [0, 0.1) is 5.41 Å². The second-order valence-electron chi connectivity index (χ2n) is 5.50. The molecule has 0 N–H and O–H groups in total. The van der Waals surface area contributed by atoms with Gasteiger partial charge in [0.2, 0.25) is 0 Å². The standard InChI is InChI=1S/C13H18Cl2N2/c1-13(2)5-7-17(8-6-13)9-11-10(14)3-4-12(15)16-11/h3-4H,5-9H2,1-2H3. The van der Waals surface area contributed by atoms with Crippen molar-refractivity contribution in [1.82, 2.24) is 9.88 Å². The van der Waals surface area contributed by atoms with Crippen LogP contribution in [-0.4, -0.2) is 23.0 Å². The minimum absolute atomic E-state index is 0.474. The molecule has 0 spiro atoms. The number of hydrogen-bond donors (Lipinski definition) is 0. The first-order valence-corrected chi connectivity index (χ1v) is 6.75. The Morgan fingerprint density at radius 1 is 1.24 bits per heavy atom. The Hall–Kier alpha value is -0.310. The predicted molar refractivity (Wildman–Crippen MR) is 72.5 cm³/mol. The van der Waals surface area contributed by atoms with Gasteiger partial charge in [-0.15, -0.1) is 0 Å². The predicted octanol–water partition coefficient (Wildman–Crippen LogP) is 4.01. The Labute approximate surface area is 113 Å². The SMILES string of the molecule is CC1(C)CCN(Cc2nc(Cl)ccc2Cl)CC1. The average Bonchev–Trinajstić information content (AvgIpc) is 2.26. The summed E-state index contributed by atoms with van der Waals surface area (Å²) in [5.74, 6) is 0. The molecule has 2 heterocycles. The molecule has 1 aromatic rings. The number of rotatable bonds is 2. The third-order valence-corrected chi connectivity index (χ3v) is 4.02. The number of hydrogen-bond acceptors (Lipinski definition) is 2. The van der Waals surface area contributed by atoms with Gasteiger partial charge in [0, 0.05) is 6.54 Å². The van der Waals surface area contributed by atoms with Gasteiger partial charge in [-0.1, -0.05) is 37.0 Å². The quantitative estimate of drug-likeness (QED) is 0.757. The van der Waals surface area contributed by atoms with Crippen LogP contribution in [0.25, 0.3) is 0 Å². The first-order chi connectivity index (χ1) is 7.96. The lowest BCUT2D eigenvalue weighted by molar-refractivity contribution is 0.126. The molecule has 0 bridgehead atoms. The Bertz CT molecular complexity index is 394. The van der Waals surface area contributed by atoms with Gasteiger partial charge in [0.05, 0.1) is 10.7 Å². The molecule has 2 nitrogen and oxygen atoms in total. The summed E-state index contributed by atoms with van der Waals surface area (Å²) in [5.41, 5.74) is 1.36. The topological polar surface area (TPSA) is 16.1 Å². The summed E-state index contributed by atoms with van der Waals surface area (Å²) in [6.07, 6.45) is 2.45. The molecule has 0 atom stereocenters. The third kappa shape index (κ3) is 3.57. The molecule has 0 radical (unpaired) electrons. The van der Waals surface area contributed by atoms with Gasteiger partial charge in [0.1, 0.15) is 5.15 Å². The van der Waals surface area contributed by atoms with E-state index in [1.165, 1.54) is 12.8 Å². The van der Waals surface area contributed by atoms with Crippen LogP contribution in [-0.2, 0) is 6.54 Å². The fourth-order valence-corrected chi connectivity index (χ4v) is 2.43. The number of likely N-dealkylation sites (tertiary alicyclic amines) is 1. The molecular weight excluding hydrogens is 255 g/mol. The van der Waals surface area contributed by atoms with E-state index >= 15 is 0 Å². The molecular formula is C13H18Cl2N2. The van der Waals surface area contributed by atoms with E-state index in [0.717, 1.165) is 25.3 Å². The minimum Gasteiger partial charge on any atom is -0.297 e. The van der Waals surface area contributed by atoms with Crippen LogP contribution < -0.4 is 0 Å². The van der Waals surface area contributed by atoms with Gasteiger partial charge in [-0.2, -0.15) is 0 Å². The Morgan fingerprint density at radius 2 is 1.88 bits per heavy atom. The maximum atomic E-state index is 6.12. The van der Waals surface area contributed by atoms with Crippen LogP contribution in [0.2, 0.25) is 10.2 Å². The van der Waals surface area contributed by atoms with Gasteiger partial charge < -0.3 is 0 Å². The van der Waals surface area contributed by atoms with Crippen molar-refractivity contribution in [3.05, 3.63) is 28.0 Å². The van der Waals surface area contributed by atoms with Crippen molar-refractivity contribution in [2.75, 3.05) is 13.1 Å². The van der Waals surface area contributed by atoms with Crippen LogP contribution in [0.5, 0.6) is 0 Å². The number of piperidine rings is 1. The van der Waals surface area contributed by atoms with Gasteiger partial charge in [0.15, 0.2) is 0 Å². The van der Waals surface area contributed by atoms with Crippen molar-refractivity contribution in [3.8, 4) is 0 Å². The van der Waals surface area contributed by atoms with E-state index in [4.69, 9.17) is 23.2 Å². The second-order valence-corrected chi connectivity index (χ2v) is 6.30. The fourth-order valence-electron chi connectivity index (χ4n) is 2.10. The number of halogens is 2. The molecule has 4 heteroatoms. The van der Waals surface area contributed by atoms with E-state index < -0.39 is 0 Å². The first kappa shape index (κ1) is 13.1. The summed E-state index contributed by atoms with van der Waals surface area (Å²) in [6.45, 7) is 7.68. The smallest absolute Gasteiger partial charge is 0.129 e. The van der Waals surface area contributed by atoms with Crippen molar-refractivity contribution in [1.29, 1.82) is 0 Å². The van der Waals surface area contributed by atoms with E-state index in [1.54, 1.807) is 6.07 Å². The van der Waals surface area contributed by atoms with Gasteiger partial charge in [-0.25, -0.2) is 4.98 Å². The molecule has 0 aromatic carbocycles. The normalized spacial score (nSPS) is 20.5. The summed E-state index contributed by atoms with van der Waals surface area (Å²) >= 11 is 12.0. The van der Waals surface area contributed by atoms with Crippen LogP contribution in [0.3, 0.4) is 0 Å². The highest BCUT2D eigenvalue weighted by atomic mass is 35.5. The first-order valence-electron chi connectivity index (χ1n) is 6.00. The van der Waals surface area contributed by atoms with Crippen molar-refractivity contribution in [2.24, 2.45) is 5.41 Å². The van der Waals surface area contributed by atoms with E-state index in [-0.39, 0.29) is 0 Å². The van der Waals surface area contributed by atoms with E-state index in [9.17, 15) is 0 Å². The molecule has 1 aliphatic rings. The van der Waals surface area contributed by atoms with Gasteiger partial charge in [-0.3, -0.25) is 4.90 Å². The zero-order chi connectivity index (χ0) is 12.5. The molecule has 2 rings (SSSR count). The van der Waals surface area contributed by atoms with Gasteiger partial charge in [-0.05, 0) is 43.5 Å². The summed E-state index contributed by atoms with van der Waals surface area (Å²) in [4.78, 5) is 6.69. The molecule has 0 amide bonds. The van der Waals surface area contributed by atoms with Crippen LogP contribution in [0.4, 0.5) is 0 Å². The van der Waals surface area contributed by atoms with Crippen molar-refractivity contribution in [2.45, 2.75) is 33.2 Å². The summed E-state index contributed by atoms with van der Waals surface area (Å²) < 4.78 is 0. The van der Waals surface area contributed by atoms with Crippen molar-refractivity contribution >= 4 is 23.2 Å². The highest BCUT2D eigenvalue weighted by molar-refractivity contribution is 6.32. The minimum atomic E-state index is 0.474. The molecule has 94 valence electrons. The van der Waals surface area contributed by atoms with E-state index in [0.29, 0.717) is 15.6 Å². The summed E-state index contributed by atoms with van der Waals surface area (Å²) in [6, 6.07) is 3.55. The van der Waals surface area contributed by atoms with Crippen LogP contribution in [0.1, 0.15) is 32.4 Å². The summed E-state index contributed by atoms with van der Waals surface area (Å²) in [5, 5.41) is 1.22. The summed E-state index contributed by atoms with van der Waals surface area (Å²) in [7, 11) is 0. The maximum Gasteiger partial charge on any atom is 0.129 e. The molecule has 0 aliphatic carbocycles. The largest absolute Gasteiger partial charge is 0.297 e. The molecule has 1 fully saturated rings. The Balaban J connectivity index is 2.00. The van der Waals surface area contributed by atoms with Gasteiger partial charge >= 0.3 is 0 Å². The maximum absolute atomic E-state index is 6.12. The zero-order valence-corrected chi connectivity index (χ0v) is 11.9. The number of aromatic nitrogens is 1. The fraction of sp³-hybridized carbons (Fsp3) is 0.615. The number of pyridine rings is 1. The molecule has 0 unspecified atom stereocenters. The average molecular weight is 273 g/mol. The molecule has 1 saturated heterocycles. The van der Waals surface area contributed by atoms with Crippen molar-refractivity contribution < 1.29 is 0 Å². The zero-order valence-electron chi connectivity index (χ0n) is 10.3. The second kappa shape index (κ2) is 5.13. The molecule has 1 aliphatic heterocycles. The molecule has 17 heavy (non-hydrogen) atoms. The van der Waals surface area contributed by atoms with Crippen LogP contribution >= 0.6 is 23.2 Å².